The van der Waals surface area contributed by atoms with E-state index in [2.05, 4.69) is 71.3 Å². The Morgan fingerprint density at radius 3 is 2.50 bits per heavy atom. The van der Waals surface area contributed by atoms with Gasteiger partial charge in [0.1, 0.15) is 5.82 Å². The highest BCUT2D eigenvalue weighted by Crippen LogP contribution is 2.19. The number of benzene rings is 1. The van der Waals surface area contributed by atoms with Gasteiger partial charge in [-0.2, -0.15) is 0 Å². The van der Waals surface area contributed by atoms with E-state index in [9.17, 15) is 0 Å². The van der Waals surface area contributed by atoms with E-state index in [1.54, 1.807) is 0 Å². The minimum Gasteiger partial charge on any atom is -0.378 e. The number of hydrogen-bond donors (Lipinski definition) is 1. The highest BCUT2D eigenvalue weighted by atomic mass is 127. The molecule has 30 heavy (non-hydrogen) atoms. The Balaban J connectivity index is 0.00000320. The molecule has 0 atom stereocenters. The van der Waals surface area contributed by atoms with E-state index in [4.69, 9.17) is 9.73 Å². The van der Waals surface area contributed by atoms with Gasteiger partial charge in [0.05, 0.1) is 19.8 Å². The summed E-state index contributed by atoms with van der Waals surface area (Å²) in [6, 6.07) is 12.9. The van der Waals surface area contributed by atoms with Crippen molar-refractivity contribution in [3.8, 4) is 0 Å². The number of aromatic nitrogens is 1. The van der Waals surface area contributed by atoms with Gasteiger partial charge in [0.15, 0.2) is 5.96 Å². The van der Waals surface area contributed by atoms with Gasteiger partial charge in [0.2, 0.25) is 0 Å². The van der Waals surface area contributed by atoms with Crippen molar-refractivity contribution in [2.75, 3.05) is 44.8 Å². The van der Waals surface area contributed by atoms with Gasteiger partial charge in [0.25, 0.3) is 0 Å². The quantitative estimate of drug-likeness (QED) is 0.341. The first-order valence-corrected chi connectivity index (χ1v) is 10.5. The Morgan fingerprint density at radius 1 is 1.13 bits per heavy atom. The maximum Gasteiger partial charge on any atom is 0.194 e. The lowest BCUT2D eigenvalue weighted by atomic mass is 10.1. The summed E-state index contributed by atoms with van der Waals surface area (Å²) < 4.78 is 5.48. The molecule has 0 saturated carbocycles. The van der Waals surface area contributed by atoms with Gasteiger partial charge < -0.3 is 19.9 Å². The van der Waals surface area contributed by atoms with Crippen molar-refractivity contribution < 1.29 is 4.74 Å². The topological polar surface area (TPSA) is 53.0 Å². The molecule has 0 amide bonds. The number of rotatable bonds is 7. The maximum atomic E-state index is 5.48. The molecule has 1 aliphatic heterocycles. The fourth-order valence-electron chi connectivity index (χ4n) is 3.47. The van der Waals surface area contributed by atoms with Crippen LogP contribution in [0.1, 0.15) is 30.5 Å². The predicted molar refractivity (Wildman–Crippen MR) is 135 cm³/mol. The fraction of sp³-hybridized carbons (Fsp3) is 0.478. The van der Waals surface area contributed by atoms with E-state index in [0.717, 1.165) is 63.2 Å². The van der Waals surface area contributed by atoms with E-state index >= 15 is 0 Å². The third-order valence-corrected chi connectivity index (χ3v) is 5.12. The van der Waals surface area contributed by atoms with Crippen LogP contribution in [-0.2, 0) is 24.2 Å². The number of aryl methyl sites for hydroxylation is 1. The van der Waals surface area contributed by atoms with Crippen LogP contribution < -0.4 is 10.2 Å². The molecular formula is C23H34IN5O. The molecule has 1 fully saturated rings. The third-order valence-electron chi connectivity index (χ3n) is 5.12. The van der Waals surface area contributed by atoms with E-state index in [1.807, 2.05) is 12.3 Å². The summed E-state index contributed by atoms with van der Waals surface area (Å²) in [4.78, 5) is 14.0. The van der Waals surface area contributed by atoms with Gasteiger partial charge in [-0.15, -0.1) is 24.0 Å². The molecule has 164 valence electrons. The average molecular weight is 523 g/mol. The molecule has 3 rings (SSSR count). The monoisotopic (exact) mass is 523 g/mol. The minimum atomic E-state index is 0. The number of ether oxygens (including phenoxy) is 1. The first-order valence-electron chi connectivity index (χ1n) is 10.5. The molecular weight excluding hydrogens is 489 g/mol. The Kier molecular flexibility index (Phi) is 10.4. The fourth-order valence-corrected chi connectivity index (χ4v) is 3.47. The second-order valence-corrected chi connectivity index (χ2v) is 7.28. The van der Waals surface area contributed by atoms with E-state index in [0.29, 0.717) is 6.54 Å². The van der Waals surface area contributed by atoms with Gasteiger partial charge in [0, 0.05) is 45.0 Å². The lowest BCUT2D eigenvalue weighted by molar-refractivity contribution is 0.122. The van der Waals surface area contributed by atoms with Crippen molar-refractivity contribution >= 4 is 35.8 Å². The first kappa shape index (κ1) is 24.4. The van der Waals surface area contributed by atoms with Crippen molar-refractivity contribution in [3.05, 3.63) is 59.3 Å². The predicted octanol–water partition coefficient (Wildman–Crippen LogP) is 3.70. The molecule has 1 N–H and O–H groups in total. The van der Waals surface area contributed by atoms with Crippen LogP contribution in [0.5, 0.6) is 0 Å². The van der Waals surface area contributed by atoms with Crippen LogP contribution in [0, 0.1) is 0 Å². The summed E-state index contributed by atoms with van der Waals surface area (Å²) in [6.45, 7) is 9.79. The molecule has 1 aromatic carbocycles. The highest BCUT2D eigenvalue weighted by molar-refractivity contribution is 14.0. The SMILES string of the molecule is CCNC(=NCc1cccnc1N1CCOCC1)N(C)Cc1ccc(CC)cc1.I. The number of morpholine rings is 1. The van der Waals surface area contributed by atoms with Crippen LogP contribution in [0.4, 0.5) is 5.82 Å². The van der Waals surface area contributed by atoms with Crippen LogP contribution in [-0.4, -0.2) is 55.7 Å². The zero-order valence-corrected chi connectivity index (χ0v) is 20.6. The van der Waals surface area contributed by atoms with Gasteiger partial charge in [-0.1, -0.05) is 37.3 Å². The van der Waals surface area contributed by atoms with Crippen LogP contribution >= 0.6 is 24.0 Å². The normalized spacial score (nSPS) is 14.2. The summed E-state index contributed by atoms with van der Waals surface area (Å²) in [5.41, 5.74) is 3.79. The Bertz CT molecular complexity index is 790. The molecule has 0 aliphatic carbocycles. The second-order valence-electron chi connectivity index (χ2n) is 7.28. The molecule has 0 bridgehead atoms. The Morgan fingerprint density at radius 2 is 1.83 bits per heavy atom. The van der Waals surface area contributed by atoms with E-state index in [1.165, 1.54) is 11.1 Å². The Labute approximate surface area is 197 Å². The maximum absolute atomic E-state index is 5.48. The molecule has 2 aromatic rings. The van der Waals surface area contributed by atoms with Gasteiger partial charge >= 0.3 is 0 Å². The number of aliphatic imine (C=N–C) groups is 1. The molecule has 1 aromatic heterocycles. The standard InChI is InChI=1S/C23H33N5O.HI/c1-4-19-8-10-20(11-9-19)18-27(3)23(24-5-2)26-17-21-7-6-12-25-22(21)28-13-15-29-16-14-28;/h6-12H,4-5,13-18H2,1-3H3,(H,24,26);1H. The van der Waals surface area contributed by atoms with Crippen LogP contribution in [0.25, 0.3) is 0 Å². The number of pyridine rings is 1. The largest absolute Gasteiger partial charge is 0.378 e. The molecule has 6 nitrogen and oxygen atoms in total. The zero-order chi connectivity index (χ0) is 20.5. The smallest absolute Gasteiger partial charge is 0.194 e. The summed E-state index contributed by atoms with van der Waals surface area (Å²) >= 11 is 0. The first-order chi connectivity index (χ1) is 14.2. The van der Waals surface area contributed by atoms with Gasteiger partial charge in [-0.3, -0.25) is 0 Å². The summed E-state index contributed by atoms with van der Waals surface area (Å²) in [5, 5.41) is 3.42. The molecule has 1 saturated heterocycles. The number of nitrogens with zero attached hydrogens (tertiary/aromatic N) is 4. The number of anilines is 1. The molecule has 7 heteroatoms. The summed E-state index contributed by atoms with van der Waals surface area (Å²) in [6.07, 6.45) is 2.92. The highest BCUT2D eigenvalue weighted by Gasteiger charge is 2.16. The number of hydrogen-bond acceptors (Lipinski definition) is 4. The molecule has 0 unspecified atom stereocenters. The molecule has 0 radical (unpaired) electrons. The van der Waals surface area contributed by atoms with Gasteiger partial charge in [-0.05, 0) is 30.5 Å². The minimum absolute atomic E-state index is 0. The molecule has 1 aliphatic rings. The van der Waals surface area contributed by atoms with Crippen LogP contribution in [0.15, 0.2) is 47.6 Å². The van der Waals surface area contributed by atoms with Crippen LogP contribution in [0.2, 0.25) is 0 Å². The molecule has 2 heterocycles. The number of halogens is 1. The Hall–Kier alpha value is -1.87. The van der Waals surface area contributed by atoms with Crippen LogP contribution in [0.3, 0.4) is 0 Å². The van der Waals surface area contributed by atoms with Crippen molar-refractivity contribution in [2.45, 2.75) is 33.4 Å². The third kappa shape index (κ3) is 6.84. The average Bonchev–Trinajstić information content (AvgIpc) is 2.78. The lowest BCUT2D eigenvalue weighted by Crippen LogP contribution is -2.39. The lowest BCUT2D eigenvalue weighted by Gasteiger charge is -2.29. The van der Waals surface area contributed by atoms with Crippen molar-refractivity contribution in [1.29, 1.82) is 0 Å². The second kappa shape index (κ2) is 12.7. The van der Waals surface area contributed by atoms with Crippen molar-refractivity contribution in [1.82, 2.24) is 15.2 Å². The molecule has 0 spiro atoms. The number of guanidine groups is 1. The van der Waals surface area contributed by atoms with Crippen molar-refractivity contribution in [2.24, 2.45) is 4.99 Å². The van der Waals surface area contributed by atoms with E-state index < -0.39 is 0 Å². The van der Waals surface area contributed by atoms with E-state index in [-0.39, 0.29) is 24.0 Å². The van der Waals surface area contributed by atoms with Crippen molar-refractivity contribution in [3.63, 3.8) is 0 Å². The number of nitrogens with one attached hydrogen (secondary N) is 1. The zero-order valence-electron chi connectivity index (χ0n) is 18.3. The van der Waals surface area contributed by atoms with Gasteiger partial charge in [-0.25, -0.2) is 9.98 Å². The summed E-state index contributed by atoms with van der Waals surface area (Å²) in [7, 11) is 2.08. The summed E-state index contributed by atoms with van der Waals surface area (Å²) in [5.74, 6) is 1.93.